The Hall–Kier alpha value is -1.43. The summed E-state index contributed by atoms with van der Waals surface area (Å²) in [5.41, 5.74) is 6.45. The molecule has 0 heterocycles. The van der Waals surface area contributed by atoms with Gasteiger partial charge in [0.1, 0.15) is 12.4 Å². The van der Waals surface area contributed by atoms with Gasteiger partial charge in [-0.2, -0.15) is 0 Å². The molecule has 1 aromatic rings. The van der Waals surface area contributed by atoms with Crippen LogP contribution < -0.4 is 10.5 Å². The molecule has 1 rings (SSSR count). The molecule has 0 saturated carbocycles. The zero-order valence-corrected chi connectivity index (χ0v) is 12.1. The number of hydrogen-bond acceptors (Lipinski definition) is 5. The van der Waals surface area contributed by atoms with Crippen LogP contribution in [-0.4, -0.2) is 45.9 Å². The van der Waals surface area contributed by atoms with Crippen molar-refractivity contribution >= 4 is 5.78 Å². The molecular weight excluding hydrogens is 258 g/mol. The van der Waals surface area contributed by atoms with Crippen molar-refractivity contribution in [2.75, 3.05) is 34.0 Å². The summed E-state index contributed by atoms with van der Waals surface area (Å²) in [7, 11) is 3.23. The summed E-state index contributed by atoms with van der Waals surface area (Å²) >= 11 is 0. The van der Waals surface area contributed by atoms with Crippen molar-refractivity contribution in [2.45, 2.75) is 18.9 Å². The lowest BCUT2D eigenvalue weighted by Gasteiger charge is -2.14. The lowest BCUT2D eigenvalue weighted by molar-refractivity contribution is 0.0942. The minimum atomic E-state index is -0.530. The van der Waals surface area contributed by atoms with Crippen LogP contribution in [0.3, 0.4) is 0 Å². The van der Waals surface area contributed by atoms with E-state index in [4.69, 9.17) is 19.9 Å². The van der Waals surface area contributed by atoms with E-state index in [2.05, 4.69) is 0 Å². The lowest BCUT2D eigenvalue weighted by atomic mass is 10.0. The Balaban J connectivity index is 2.66. The first-order valence-electron chi connectivity index (χ1n) is 6.70. The third kappa shape index (κ3) is 5.28. The van der Waals surface area contributed by atoms with Crippen LogP contribution in [0.5, 0.6) is 5.75 Å². The fraction of sp³-hybridized carbons (Fsp3) is 0.533. The van der Waals surface area contributed by atoms with Crippen molar-refractivity contribution in [3.63, 3.8) is 0 Å². The number of ether oxygens (including phenoxy) is 3. The zero-order chi connectivity index (χ0) is 14.8. The minimum Gasteiger partial charge on any atom is -0.490 e. The topological polar surface area (TPSA) is 70.8 Å². The van der Waals surface area contributed by atoms with E-state index in [1.54, 1.807) is 32.4 Å². The quantitative estimate of drug-likeness (QED) is 0.521. The number of hydrogen-bond donors (Lipinski definition) is 1. The Morgan fingerprint density at radius 1 is 1.15 bits per heavy atom. The third-order valence-corrected chi connectivity index (χ3v) is 2.90. The average Bonchev–Trinajstić information content (AvgIpc) is 2.47. The molecule has 5 heteroatoms. The predicted octanol–water partition coefficient (Wildman–Crippen LogP) is 1.65. The predicted molar refractivity (Wildman–Crippen MR) is 77.2 cm³/mol. The van der Waals surface area contributed by atoms with Crippen LogP contribution in [-0.2, 0) is 9.47 Å². The Morgan fingerprint density at radius 3 is 2.55 bits per heavy atom. The molecule has 0 spiro atoms. The molecule has 0 bridgehead atoms. The van der Waals surface area contributed by atoms with Gasteiger partial charge in [-0.15, -0.1) is 0 Å². The first kappa shape index (κ1) is 16.6. The normalized spacial score (nSPS) is 12.2. The first-order chi connectivity index (χ1) is 9.70. The maximum Gasteiger partial charge on any atom is 0.183 e. The maximum atomic E-state index is 12.3. The Morgan fingerprint density at radius 2 is 1.85 bits per heavy atom. The SMILES string of the molecule is COCCCC(N)C(=O)c1ccccc1OCCOC. The first-order valence-corrected chi connectivity index (χ1v) is 6.70. The van der Waals surface area contributed by atoms with Gasteiger partial charge in [0.05, 0.1) is 18.2 Å². The summed E-state index contributed by atoms with van der Waals surface area (Å²) in [6, 6.07) is 6.61. The number of para-hydroxylation sites is 1. The van der Waals surface area contributed by atoms with Gasteiger partial charge in [0.2, 0.25) is 0 Å². The molecular formula is C15H23NO4. The van der Waals surface area contributed by atoms with Crippen LogP contribution in [0.25, 0.3) is 0 Å². The monoisotopic (exact) mass is 281 g/mol. The lowest BCUT2D eigenvalue weighted by Crippen LogP contribution is -2.31. The number of rotatable bonds is 10. The van der Waals surface area contributed by atoms with Gasteiger partial charge in [-0.1, -0.05) is 12.1 Å². The van der Waals surface area contributed by atoms with E-state index in [1.807, 2.05) is 6.07 Å². The summed E-state index contributed by atoms with van der Waals surface area (Å²) in [5, 5.41) is 0. The smallest absolute Gasteiger partial charge is 0.183 e. The second kappa shape index (κ2) is 9.47. The van der Waals surface area contributed by atoms with E-state index in [0.29, 0.717) is 37.6 Å². The van der Waals surface area contributed by atoms with E-state index < -0.39 is 6.04 Å². The van der Waals surface area contributed by atoms with E-state index >= 15 is 0 Å². The molecule has 0 fully saturated rings. The summed E-state index contributed by atoms with van der Waals surface area (Å²) < 4.78 is 15.4. The van der Waals surface area contributed by atoms with Crippen LogP contribution in [0, 0.1) is 0 Å². The number of nitrogens with two attached hydrogens (primary N) is 1. The van der Waals surface area contributed by atoms with Crippen molar-refractivity contribution in [3.8, 4) is 5.75 Å². The molecule has 0 aliphatic heterocycles. The molecule has 2 N–H and O–H groups in total. The van der Waals surface area contributed by atoms with Crippen molar-refractivity contribution in [1.82, 2.24) is 0 Å². The number of methoxy groups -OCH3 is 2. The van der Waals surface area contributed by atoms with Crippen LogP contribution in [0.2, 0.25) is 0 Å². The van der Waals surface area contributed by atoms with Crippen molar-refractivity contribution in [3.05, 3.63) is 29.8 Å². The van der Waals surface area contributed by atoms with Gasteiger partial charge in [-0.05, 0) is 25.0 Å². The number of benzene rings is 1. The zero-order valence-electron chi connectivity index (χ0n) is 12.1. The third-order valence-electron chi connectivity index (χ3n) is 2.90. The van der Waals surface area contributed by atoms with E-state index in [9.17, 15) is 4.79 Å². The summed E-state index contributed by atoms with van der Waals surface area (Å²) in [6.45, 7) is 1.48. The number of carbonyl (C=O) groups excluding carboxylic acids is 1. The average molecular weight is 281 g/mol. The summed E-state index contributed by atoms with van der Waals surface area (Å²) in [5.74, 6) is 0.450. The molecule has 112 valence electrons. The molecule has 20 heavy (non-hydrogen) atoms. The minimum absolute atomic E-state index is 0.103. The summed E-state index contributed by atoms with van der Waals surface area (Å²) in [6.07, 6.45) is 1.36. The molecule has 0 aliphatic carbocycles. The highest BCUT2D eigenvalue weighted by molar-refractivity contribution is 6.02. The van der Waals surface area contributed by atoms with Gasteiger partial charge in [-0.3, -0.25) is 4.79 Å². The van der Waals surface area contributed by atoms with Crippen LogP contribution in [0.4, 0.5) is 0 Å². The van der Waals surface area contributed by atoms with Crippen molar-refractivity contribution in [2.24, 2.45) is 5.73 Å². The fourth-order valence-electron chi connectivity index (χ4n) is 1.81. The second-order valence-corrected chi connectivity index (χ2v) is 4.44. The standard InChI is InChI=1S/C15H23NO4/c1-18-9-5-7-13(16)15(17)12-6-3-4-8-14(12)20-11-10-19-2/h3-4,6,8,13H,5,7,9-11,16H2,1-2H3. The molecule has 1 unspecified atom stereocenters. The summed E-state index contributed by atoms with van der Waals surface area (Å²) in [4.78, 5) is 12.3. The molecule has 1 atom stereocenters. The fourth-order valence-corrected chi connectivity index (χ4v) is 1.81. The largest absolute Gasteiger partial charge is 0.490 e. The van der Waals surface area contributed by atoms with Crippen molar-refractivity contribution < 1.29 is 19.0 Å². The molecule has 0 aromatic heterocycles. The Bertz CT molecular complexity index is 409. The molecule has 0 radical (unpaired) electrons. The highest BCUT2D eigenvalue weighted by atomic mass is 16.5. The van der Waals surface area contributed by atoms with Gasteiger partial charge in [0, 0.05) is 20.8 Å². The van der Waals surface area contributed by atoms with Crippen LogP contribution >= 0.6 is 0 Å². The van der Waals surface area contributed by atoms with Gasteiger partial charge in [0.25, 0.3) is 0 Å². The molecule has 0 amide bonds. The molecule has 1 aromatic carbocycles. The van der Waals surface area contributed by atoms with Gasteiger partial charge >= 0.3 is 0 Å². The van der Waals surface area contributed by atoms with Crippen LogP contribution in [0.1, 0.15) is 23.2 Å². The Kier molecular flexibility index (Phi) is 7.87. The van der Waals surface area contributed by atoms with Crippen molar-refractivity contribution in [1.29, 1.82) is 0 Å². The number of Topliss-reactive ketones (excluding diaryl/α,β-unsaturated/α-hetero) is 1. The van der Waals surface area contributed by atoms with E-state index in [-0.39, 0.29) is 5.78 Å². The van der Waals surface area contributed by atoms with E-state index in [0.717, 1.165) is 6.42 Å². The molecule has 0 saturated heterocycles. The molecule has 0 aliphatic rings. The van der Waals surface area contributed by atoms with Gasteiger partial charge in [0.15, 0.2) is 5.78 Å². The Labute approximate surface area is 120 Å². The van der Waals surface area contributed by atoms with Gasteiger partial charge in [-0.25, -0.2) is 0 Å². The number of carbonyl (C=O) groups is 1. The number of ketones is 1. The highest BCUT2D eigenvalue weighted by Crippen LogP contribution is 2.20. The van der Waals surface area contributed by atoms with Gasteiger partial charge < -0.3 is 19.9 Å². The molecule has 5 nitrogen and oxygen atoms in total. The van der Waals surface area contributed by atoms with E-state index in [1.165, 1.54) is 0 Å². The maximum absolute atomic E-state index is 12.3. The second-order valence-electron chi connectivity index (χ2n) is 4.44. The van der Waals surface area contributed by atoms with Crippen LogP contribution in [0.15, 0.2) is 24.3 Å². The highest BCUT2D eigenvalue weighted by Gasteiger charge is 2.19.